The van der Waals surface area contributed by atoms with Crippen LogP contribution in [0.5, 0.6) is 0 Å². The van der Waals surface area contributed by atoms with Gasteiger partial charge in [-0.3, -0.25) is 4.79 Å². The standard InChI is InChI=1S/C28H36N2O5/c1-17(2)25(26(32)33)30-24(31)14-18(15-28(3,4)5)29-27(34)35-16-23-21-12-8-6-10-19(21)20-11-7-9-13-22(20)23/h6-13,17-18,23,25H,14-16H2,1-5H3,(H,29,34)(H,30,31)(H,32,33)/t18?,25-/m1/s1. The van der Waals surface area contributed by atoms with Gasteiger partial charge in [-0.1, -0.05) is 83.1 Å². The number of benzene rings is 2. The number of carbonyl (C=O) groups is 3. The van der Waals surface area contributed by atoms with E-state index in [1.165, 1.54) is 0 Å². The molecular weight excluding hydrogens is 444 g/mol. The number of hydrogen-bond donors (Lipinski definition) is 3. The first-order valence-corrected chi connectivity index (χ1v) is 12.1. The Kier molecular flexibility index (Phi) is 8.20. The maximum Gasteiger partial charge on any atom is 0.407 e. The highest BCUT2D eigenvalue weighted by Gasteiger charge is 2.30. The smallest absolute Gasteiger partial charge is 0.407 e. The van der Waals surface area contributed by atoms with Crippen molar-refractivity contribution in [3.8, 4) is 11.1 Å². The van der Waals surface area contributed by atoms with Gasteiger partial charge in [0.1, 0.15) is 12.6 Å². The summed E-state index contributed by atoms with van der Waals surface area (Å²) < 4.78 is 5.65. The number of amides is 2. The van der Waals surface area contributed by atoms with Crippen LogP contribution < -0.4 is 10.6 Å². The molecule has 0 heterocycles. The first-order chi connectivity index (χ1) is 16.5. The van der Waals surface area contributed by atoms with E-state index in [1.54, 1.807) is 13.8 Å². The van der Waals surface area contributed by atoms with Crippen molar-refractivity contribution in [2.45, 2.75) is 65.5 Å². The van der Waals surface area contributed by atoms with E-state index in [1.807, 2.05) is 45.0 Å². The molecule has 1 aliphatic rings. The lowest BCUT2D eigenvalue weighted by atomic mass is 9.87. The van der Waals surface area contributed by atoms with Gasteiger partial charge in [-0.2, -0.15) is 0 Å². The summed E-state index contributed by atoms with van der Waals surface area (Å²) in [7, 11) is 0. The molecule has 7 heteroatoms. The van der Waals surface area contributed by atoms with E-state index in [0.717, 1.165) is 22.3 Å². The molecule has 2 amide bonds. The van der Waals surface area contributed by atoms with Crippen LogP contribution in [0.25, 0.3) is 11.1 Å². The first-order valence-electron chi connectivity index (χ1n) is 12.1. The minimum absolute atomic E-state index is 0.0298. The van der Waals surface area contributed by atoms with E-state index in [0.29, 0.717) is 6.42 Å². The molecule has 0 fully saturated rings. The zero-order valence-electron chi connectivity index (χ0n) is 21.1. The number of carbonyl (C=O) groups excluding carboxylic acids is 2. The average molecular weight is 481 g/mol. The highest BCUT2D eigenvalue weighted by molar-refractivity contribution is 5.84. The predicted octanol–water partition coefficient (Wildman–Crippen LogP) is 4.95. The number of aliphatic carboxylic acids is 1. The van der Waals surface area contributed by atoms with Crippen LogP contribution in [0, 0.1) is 11.3 Å². The molecule has 2 atom stereocenters. The highest BCUT2D eigenvalue weighted by Crippen LogP contribution is 2.44. The summed E-state index contributed by atoms with van der Waals surface area (Å²) in [6.07, 6.45) is -0.0882. The Hall–Kier alpha value is -3.35. The van der Waals surface area contributed by atoms with Gasteiger partial charge in [0.05, 0.1) is 0 Å². The van der Waals surface area contributed by atoms with Crippen molar-refractivity contribution in [2.24, 2.45) is 11.3 Å². The number of hydrogen-bond acceptors (Lipinski definition) is 4. The Balaban J connectivity index is 1.65. The fraction of sp³-hybridized carbons (Fsp3) is 0.464. The van der Waals surface area contributed by atoms with E-state index in [4.69, 9.17) is 4.74 Å². The summed E-state index contributed by atoms with van der Waals surface area (Å²) >= 11 is 0. The summed E-state index contributed by atoms with van der Waals surface area (Å²) in [5.41, 5.74) is 4.39. The van der Waals surface area contributed by atoms with Gasteiger partial charge in [-0.15, -0.1) is 0 Å². The molecule has 0 bridgehead atoms. The number of rotatable bonds is 9. The largest absolute Gasteiger partial charge is 0.480 e. The third-order valence-corrected chi connectivity index (χ3v) is 6.21. The normalized spacial score (nSPS) is 14.6. The average Bonchev–Trinajstić information content (AvgIpc) is 3.08. The van der Waals surface area contributed by atoms with Crippen LogP contribution in [0.4, 0.5) is 4.79 Å². The van der Waals surface area contributed by atoms with Gasteiger partial charge in [0.15, 0.2) is 0 Å². The molecule has 0 aliphatic heterocycles. The molecule has 0 radical (unpaired) electrons. The van der Waals surface area contributed by atoms with Crippen LogP contribution in [-0.2, 0) is 14.3 Å². The lowest BCUT2D eigenvalue weighted by molar-refractivity contribution is -0.143. The van der Waals surface area contributed by atoms with Gasteiger partial charge in [0.25, 0.3) is 0 Å². The molecule has 7 nitrogen and oxygen atoms in total. The Bertz CT molecular complexity index is 1030. The number of ether oxygens (including phenoxy) is 1. The molecular formula is C28H36N2O5. The van der Waals surface area contributed by atoms with Crippen molar-refractivity contribution in [3.63, 3.8) is 0 Å². The summed E-state index contributed by atoms with van der Waals surface area (Å²) in [6, 6.07) is 14.8. The molecule has 2 aromatic rings. The number of nitrogens with one attached hydrogen (secondary N) is 2. The summed E-state index contributed by atoms with van der Waals surface area (Å²) in [5.74, 6) is -1.81. The second-order valence-electron chi connectivity index (χ2n) is 10.8. The third kappa shape index (κ3) is 6.84. The zero-order valence-corrected chi connectivity index (χ0v) is 21.1. The van der Waals surface area contributed by atoms with Crippen LogP contribution >= 0.6 is 0 Å². The van der Waals surface area contributed by atoms with E-state index in [-0.39, 0.29) is 30.3 Å². The predicted molar refractivity (Wildman–Crippen MR) is 135 cm³/mol. The van der Waals surface area contributed by atoms with Gasteiger partial charge in [-0.25, -0.2) is 9.59 Å². The fourth-order valence-corrected chi connectivity index (χ4v) is 4.69. The molecule has 3 N–H and O–H groups in total. The number of alkyl carbamates (subject to hydrolysis) is 1. The number of carboxylic acid groups (broad SMARTS) is 1. The quantitative estimate of drug-likeness (QED) is 0.471. The van der Waals surface area contributed by atoms with Crippen molar-refractivity contribution in [1.29, 1.82) is 0 Å². The van der Waals surface area contributed by atoms with E-state index in [2.05, 4.69) is 34.9 Å². The Morgan fingerprint density at radius 1 is 0.943 bits per heavy atom. The molecule has 188 valence electrons. The van der Waals surface area contributed by atoms with Gasteiger partial charge in [0, 0.05) is 18.4 Å². The lowest BCUT2D eigenvalue weighted by Gasteiger charge is -2.27. The minimum Gasteiger partial charge on any atom is -0.480 e. The van der Waals surface area contributed by atoms with Crippen LogP contribution in [0.1, 0.15) is 64.5 Å². The Morgan fingerprint density at radius 2 is 1.49 bits per heavy atom. The molecule has 2 aromatic carbocycles. The van der Waals surface area contributed by atoms with Gasteiger partial charge >= 0.3 is 12.1 Å². The Labute approximate surface area is 207 Å². The second kappa shape index (κ2) is 10.9. The van der Waals surface area contributed by atoms with Crippen LogP contribution in [0.3, 0.4) is 0 Å². The van der Waals surface area contributed by atoms with Crippen LogP contribution in [0.2, 0.25) is 0 Å². The molecule has 0 saturated carbocycles. The summed E-state index contributed by atoms with van der Waals surface area (Å²) in [5, 5.41) is 14.8. The maximum absolute atomic E-state index is 12.8. The zero-order chi connectivity index (χ0) is 25.8. The maximum atomic E-state index is 12.8. The van der Waals surface area contributed by atoms with E-state index < -0.39 is 30.1 Å². The monoisotopic (exact) mass is 480 g/mol. The van der Waals surface area contributed by atoms with Crippen molar-refractivity contribution in [3.05, 3.63) is 59.7 Å². The van der Waals surface area contributed by atoms with E-state index in [9.17, 15) is 19.5 Å². The molecule has 1 aliphatic carbocycles. The van der Waals surface area contributed by atoms with Crippen molar-refractivity contribution < 1.29 is 24.2 Å². The van der Waals surface area contributed by atoms with Gasteiger partial charge < -0.3 is 20.5 Å². The van der Waals surface area contributed by atoms with Gasteiger partial charge in [0.2, 0.25) is 5.91 Å². The molecule has 1 unspecified atom stereocenters. The van der Waals surface area contributed by atoms with Crippen molar-refractivity contribution >= 4 is 18.0 Å². The molecule has 0 saturated heterocycles. The third-order valence-electron chi connectivity index (χ3n) is 6.21. The SMILES string of the molecule is CC(C)[C@@H](NC(=O)CC(CC(C)(C)C)NC(=O)OCC1c2ccccc2-c2ccccc21)C(=O)O. The van der Waals surface area contributed by atoms with Crippen molar-refractivity contribution in [1.82, 2.24) is 10.6 Å². The molecule has 0 spiro atoms. The summed E-state index contributed by atoms with van der Waals surface area (Å²) in [6.45, 7) is 9.71. The van der Waals surface area contributed by atoms with Gasteiger partial charge in [-0.05, 0) is 40.0 Å². The topological polar surface area (TPSA) is 105 Å². The molecule has 0 aromatic heterocycles. The van der Waals surface area contributed by atoms with Crippen LogP contribution in [-0.4, -0.2) is 41.8 Å². The molecule has 35 heavy (non-hydrogen) atoms. The fourth-order valence-electron chi connectivity index (χ4n) is 4.69. The summed E-state index contributed by atoms with van der Waals surface area (Å²) in [4.78, 5) is 36.8. The van der Waals surface area contributed by atoms with Crippen LogP contribution in [0.15, 0.2) is 48.5 Å². The first kappa shape index (κ1) is 26.3. The Morgan fingerprint density at radius 3 is 1.97 bits per heavy atom. The van der Waals surface area contributed by atoms with E-state index >= 15 is 0 Å². The second-order valence-corrected chi connectivity index (χ2v) is 10.8. The minimum atomic E-state index is -1.08. The van der Waals surface area contributed by atoms with Crippen molar-refractivity contribution in [2.75, 3.05) is 6.61 Å². The molecule has 3 rings (SSSR count). The number of carboxylic acids is 1. The lowest BCUT2D eigenvalue weighted by Crippen LogP contribution is -2.47. The highest BCUT2D eigenvalue weighted by atomic mass is 16.5. The number of fused-ring (bicyclic) bond motifs is 3.